The second kappa shape index (κ2) is 7.61. The van der Waals surface area contributed by atoms with Crippen LogP contribution >= 0.6 is 11.3 Å². The topological polar surface area (TPSA) is 91.3 Å². The number of hydrogen-bond donors (Lipinski definition) is 1. The van der Waals surface area contributed by atoms with Gasteiger partial charge in [-0.3, -0.25) is 14.0 Å². The zero-order valence-electron chi connectivity index (χ0n) is 17.9. The number of fused-ring (bicyclic) bond motifs is 3. The fraction of sp³-hybridized carbons (Fsp3) is 0.261. The normalized spacial score (nSPS) is 16.9. The molecule has 0 spiro atoms. The number of imidazole rings is 1. The Labute approximate surface area is 188 Å². The second-order valence-electron chi connectivity index (χ2n) is 8.05. The Morgan fingerprint density at radius 1 is 1.25 bits per heavy atom. The van der Waals surface area contributed by atoms with Crippen LogP contribution in [0.25, 0.3) is 16.0 Å². The van der Waals surface area contributed by atoms with Gasteiger partial charge in [-0.25, -0.2) is 4.98 Å². The third-order valence-electron chi connectivity index (χ3n) is 5.74. The minimum Gasteiger partial charge on any atom is -0.503 e. The van der Waals surface area contributed by atoms with Crippen LogP contribution in [-0.4, -0.2) is 63.2 Å². The van der Waals surface area contributed by atoms with Crippen molar-refractivity contribution in [2.24, 2.45) is 0 Å². The van der Waals surface area contributed by atoms with E-state index in [0.717, 1.165) is 16.7 Å². The maximum atomic E-state index is 13.7. The number of para-hydroxylation sites is 2. The van der Waals surface area contributed by atoms with E-state index in [1.165, 1.54) is 22.5 Å². The highest BCUT2D eigenvalue weighted by atomic mass is 32.1. The van der Waals surface area contributed by atoms with Crippen molar-refractivity contribution in [1.29, 1.82) is 0 Å². The summed E-state index contributed by atoms with van der Waals surface area (Å²) in [6.07, 6.45) is 1.50. The van der Waals surface area contributed by atoms with Crippen LogP contribution < -0.4 is 0 Å². The fourth-order valence-corrected chi connectivity index (χ4v) is 5.26. The lowest BCUT2D eigenvalue weighted by Gasteiger charge is -2.26. The van der Waals surface area contributed by atoms with Gasteiger partial charge in [0.2, 0.25) is 5.78 Å². The van der Waals surface area contributed by atoms with Gasteiger partial charge < -0.3 is 19.3 Å². The van der Waals surface area contributed by atoms with Crippen LogP contribution in [0.1, 0.15) is 27.2 Å². The summed E-state index contributed by atoms with van der Waals surface area (Å²) < 4.78 is 7.52. The number of furan rings is 1. The number of amides is 1. The van der Waals surface area contributed by atoms with Crippen molar-refractivity contribution in [3.05, 3.63) is 70.3 Å². The number of rotatable bonds is 6. The molecule has 1 amide bonds. The third-order valence-corrected chi connectivity index (χ3v) is 6.88. The quantitative estimate of drug-likeness (QED) is 0.452. The minimum atomic E-state index is -0.782. The molecule has 1 aromatic carbocycles. The maximum absolute atomic E-state index is 13.7. The van der Waals surface area contributed by atoms with Crippen LogP contribution in [0.3, 0.4) is 0 Å². The monoisotopic (exact) mass is 450 g/mol. The van der Waals surface area contributed by atoms with Crippen molar-refractivity contribution in [2.45, 2.75) is 13.0 Å². The number of thiazole rings is 1. The molecule has 0 fully saturated rings. The molecule has 1 unspecified atom stereocenters. The second-order valence-corrected chi connectivity index (χ2v) is 9.02. The van der Waals surface area contributed by atoms with Crippen LogP contribution in [-0.2, 0) is 4.79 Å². The van der Waals surface area contributed by atoms with Crippen LogP contribution in [0, 0.1) is 6.92 Å². The molecule has 4 heterocycles. The smallest absolute Gasteiger partial charge is 0.290 e. The number of aliphatic hydroxyl groups excluding tert-OH is 1. The largest absolute Gasteiger partial charge is 0.503 e. The van der Waals surface area contributed by atoms with Gasteiger partial charge >= 0.3 is 0 Å². The summed E-state index contributed by atoms with van der Waals surface area (Å²) in [5, 5.41) is 10.8. The van der Waals surface area contributed by atoms with Crippen molar-refractivity contribution in [1.82, 2.24) is 19.2 Å². The summed E-state index contributed by atoms with van der Waals surface area (Å²) in [5.41, 5.74) is 2.52. The van der Waals surface area contributed by atoms with Gasteiger partial charge in [0, 0.05) is 18.8 Å². The summed E-state index contributed by atoms with van der Waals surface area (Å²) in [4.78, 5) is 35.9. The fourth-order valence-electron chi connectivity index (χ4n) is 4.16. The molecule has 0 bridgehead atoms. The van der Waals surface area contributed by atoms with Gasteiger partial charge in [-0.05, 0) is 45.3 Å². The van der Waals surface area contributed by atoms with E-state index in [9.17, 15) is 14.7 Å². The lowest BCUT2D eigenvalue weighted by Crippen LogP contribution is -2.36. The molecule has 1 aliphatic rings. The van der Waals surface area contributed by atoms with E-state index in [0.29, 0.717) is 28.7 Å². The summed E-state index contributed by atoms with van der Waals surface area (Å²) >= 11 is 1.25. The Morgan fingerprint density at radius 3 is 2.75 bits per heavy atom. The number of aromatic nitrogens is 2. The lowest BCUT2D eigenvalue weighted by atomic mass is 9.99. The Bertz CT molecular complexity index is 1380. The van der Waals surface area contributed by atoms with Crippen LogP contribution in [0.15, 0.2) is 58.4 Å². The zero-order valence-corrected chi connectivity index (χ0v) is 18.7. The van der Waals surface area contributed by atoms with E-state index in [1.807, 2.05) is 54.6 Å². The molecule has 0 saturated heterocycles. The van der Waals surface area contributed by atoms with Gasteiger partial charge in [-0.2, -0.15) is 0 Å². The average molecular weight is 451 g/mol. The molecular weight excluding hydrogens is 428 g/mol. The van der Waals surface area contributed by atoms with Crippen LogP contribution in [0.2, 0.25) is 0 Å². The summed E-state index contributed by atoms with van der Waals surface area (Å²) in [7, 11) is 3.80. The first kappa shape index (κ1) is 20.5. The number of Topliss-reactive ketones (excluding diaryl/α,β-unsaturated/α-hetero) is 1. The number of hydrogen-bond acceptors (Lipinski definition) is 7. The summed E-state index contributed by atoms with van der Waals surface area (Å²) in [5.74, 6) is -1.04. The number of aryl methyl sites for hydroxylation is 1. The highest BCUT2D eigenvalue weighted by molar-refractivity contribution is 7.19. The van der Waals surface area contributed by atoms with E-state index in [1.54, 1.807) is 12.1 Å². The first-order valence-corrected chi connectivity index (χ1v) is 11.0. The molecule has 0 aliphatic carbocycles. The van der Waals surface area contributed by atoms with Crippen LogP contribution in [0.4, 0.5) is 0 Å². The van der Waals surface area contributed by atoms with Crippen molar-refractivity contribution in [3.63, 3.8) is 0 Å². The number of carbonyl (C=O) groups excluding carboxylic acids is 2. The SMILES string of the molecule is Cc1c(C(=O)C2=C(O)C(=O)N(CCN(C)C)C2c2ccco2)sc2nc3ccccc3n12. The van der Waals surface area contributed by atoms with Gasteiger partial charge in [-0.15, -0.1) is 0 Å². The maximum Gasteiger partial charge on any atom is 0.290 e. The first-order valence-electron chi connectivity index (χ1n) is 10.2. The Balaban J connectivity index is 1.61. The zero-order chi connectivity index (χ0) is 22.6. The summed E-state index contributed by atoms with van der Waals surface area (Å²) in [6.45, 7) is 2.77. The van der Waals surface area contributed by atoms with E-state index < -0.39 is 17.7 Å². The van der Waals surface area contributed by atoms with E-state index >= 15 is 0 Å². The number of aliphatic hydroxyl groups is 1. The molecule has 9 heteroatoms. The van der Waals surface area contributed by atoms with Crippen molar-refractivity contribution >= 4 is 39.0 Å². The molecule has 3 aromatic heterocycles. The van der Waals surface area contributed by atoms with E-state index in [-0.39, 0.29) is 11.4 Å². The minimum absolute atomic E-state index is 0.0422. The number of nitrogens with zero attached hydrogens (tertiary/aromatic N) is 4. The van der Waals surface area contributed by atoms with Gasteiger partial charge in [0.05, 0.1) is 27.7 Å². The predicted octanol–water partition coefficient (Wildman–Crippen LogP) is 3.59. The van der Waals surface area contributed by atoms with Crippen molar-refractivity contribution in [2.75, 3.05) is 27.2 Å². The number of likely N-dealkylation sites (N-methyl/N-ethyl adjacent to an activating group) is 1. The molecule has 5 rings (SSSR count). The first-order chi connectivity index (χ1) is 15.4. The number of ketones is 1. The number of benzene rings is 1. The highest BCUT2D eigenvalue weighted by Crippen LogP contribution is 2.41. The molecule has 164 valence electrons. The van der Waals surface area contributed by atoms with Crippen LogP contribution in [0.5, 0.6) is 0 Å². The standard InChI is InChI=1S/C23H22N4O4S/c1-13-21(32-23-24-14-7-4-5-8-15(14)27(13)23)19(28)17-18(16-9-6-12-31-16)26(11-10-25(2)3)22(30)20(17)29/h4-9,12,18,29H,10-11H2,1-3H3. The molecule has 32 heavy (non-hydrogen) atoms. The predicted molar refractivity (Wildman–Crippen MR) is 121 cm³/mol. The molecule has 0 saturated carbocycles. The molecule has 4 aromatic rings. The van der Waals surface area contributed by atoms with Crippen molar-refractivity contribution in [3.8, 4) is 0 Å². The van der Waals surface area contributed by atoms with Gasteiger partial charge in [-0.1, -0.05) is 23.5 Å². The summed E-state index contributed by atoms with van der Waals surface area (Å²) in [6, 6.07) is 10.4. The highest BCUT2D eigenvalue weighted by Gasteiger charge is 2.45. The lowest BCUT2D eigenvalue weighted by molar-refractivity contribution is -0.129. The van der Waals surface area contributed by atoms with Crippen molar-refractivity contribution < 1.29 is 19.1 Å². The molecule has 8 nitrogen and oxygen atoms in total. The van der Waals surface area contributed by atoms with E-state index in [2.05, 4.69) is 4.98 Å². The molecule has 1 N–H and O–H groups in total. The Kier molecular flexibility index (Phi) is 4.87. The molecule has 0 radical (unpaired) electrons. The average Bonchev–Trinajstić information content (AvgIpc) is 3.52. The van der Waals surface area contributed by atoms with Gasteiger partial charge in [0.25, 0.3) is 5.91 Å². The van der Waals surface area contributed by atoms with Gasteiger partial charge in [0.1, 0.15) is 11.8 Å². The Morgan fingerprint density at radius 2 is 2.03 bits per heavy atom. The number of carbonyl (C=O) groups is 2. The molecule has 1 aliphatic heterocycles. The molecule has 1 atom stereocenters. The van der Waals surface area contributed by atoms with E-state index in [4.69, 9.17) is 4.42 Å². The molecular formula is C23H22N4O4S. The third kappa shape index (κ3) is 3.04. The van der Waals surface area contributed by atoms with Gasteiger partial charge in [0.15, 0.2) is 10.7 Å². The Hall–Kier alpha value is -3.43.